The van der Waals surface area contributed by atoms with Crippen LogP contribution in [-0.2, 0) is 0 Å². The second kappa shape index (κ2) is 7.94. The summed E-state index contributed by atoms with van der Waals surface area (Å²) >= 11 is 1.81. The molecule has 1 unspecified atom stereocenters. The lowest BCUT2D eigenvalue weighted by Gasteiger charge is -2.38. The van der Waals surface area contributed by atoms with Crippen LogP contribution in [0.3, 0.4) is 0 Å². The average molecular weight is 314 g/mol. The molecule has 0 N–H and O–H groups in total. The molecule has 0 radical (unpaired) electrons. The first kappa shape index (κ1) is 15.8. The van der Waals surface area contributed by atoms with Gasteiger partial charge in [-0.2, -0.15) is 11.3 Å². The summed E-state index contributed by atoms with van der Waals surface area (Å²) in [4.78, 5) is 2.69. The third-order valence-electron chi connectivity index (χ3n) is 4.95. The number of likely N-dealkylation sites (tertiary alicyclic amines) is 1. The number of nitrogens with zero attached hydrogens (tertiary/aromatic N) is 1. The van der Waals surface area contributed by atoms with Crippen LogP contribution in [0, 0.1) is 5.92 Å². The van der Waals surface area contributed by atoms with Crippen molar-refractivity contribution in [3.05, 3.63) is 58.3 Å². The molecule has 1 nitrogen and oxygen atoms in total. The van der Waals surface area contributed by atoms with E-state index < -0.39 is 0 Å². The van der Waals surface area contributed by atoms with Gasteiger partial charge in [0.1, 0.15) is 0 Å². The molecule has 1 atom stereocenters. The summed E-state index contributed by atoms with van der Waals surface area (Å²) < 4.78 is 0. The van der Waals surface area contributed by atoms with Crippen molar-refractivity contribution >= 4 is 11.3 Å². The fourth-order valence-electron chi connectivity index (χ4n) is 3.67. The molecule has 118 valence electrons. The van der Waals surface area contributed by atoms with E-state index in [1.165, 1.54) is 56.3 Å². The summed E-state index contributed by atoms with van der Waals surface area (Å²) in [5.41, 5.74) is 2.90. The normalized spacial score (nSPS) is 18.4. The smallest absolute Gasteiger partial charge is 0.0610 e. The number of rotatable bonds is 6. The van der Waals surface area contributed by atoms with Crippen LogP contribution < -0.4 is 0 Å². The van der Waals surface area contributed by atoms with Crippen LogP contribution >= 0.6 is 11.3 Å². The topological polar surface area (TPSA) is 3.24 Å². The summed E-state index contributed by atoms with van der Waals surface area (Å²) in [6.07, 6.45) is 6.90. The Morgan fingerprint density at radius 2 is 1.86 bits per heavy atom. The van der Waals surface area contributed by atoms with Gasteiger partial charge < -0.3 is 0 Å². The highest BCUT2D eigenvalue weighted by molar-refractivity contribution is 7.08. The van der Waals surface area contributed by atoms with E-state index in [1.807, 2.05) is 11.3 Å². The molecule has 1 aromatic carbocycles. The third-order valence-corrected chi connectivity index (χ3v) is 5.66. The largest absolute Gasteiger partial charge is 0.292 e. The Labute approximate surface area is 139 Å². The van der Waals surface area contributed by atoms with Crippen LogP contribution in [0.15, 0.2) is 47.2 Å². The highest BCUT2D eigenvalue weighted by atomic mass is 32.1. The maximum absolute atomic E-state index is 2.69. The van der Waals surface area contributed by atoms with E-state index in [4.69, 9.17) is 0 Å². The van der Waals surface area contributed by atoms with E-state index in [-0.39, 0.29) is 0 Å². The average Bonchev–Trinajstić information content (AvgIpc) is 3.09. The van der Waals surface area contributed by atoms with Gasteiger partial charge in [0.25, 0.3) is 0 Å². The molecular weight excluding hydrogens is 286 g/mol. The highest BCUT2D eigenvalue weighted by Crippen LogP contribution is 2.34. The van der Waals surface area contributed by atoms with Crippen LogP contribution in [0.1, 0.15) is 56.2 Å². The summed E-state index contributed by atoms with van der Waals surface area (Å²) in [6.45, 7) is 4.78. The third kappa shape index (κ3) is 3.80. The van der Waals surface area contributed by atoms with Crippen molar-refractivity contribution in [1.29, 1.82) is 0 Å². The monoisotopic (exact) mass is 313 g/mol. The molecule has 22 heavy (non-hydrogen) atoms. The molecule has 0 saturated carbocycles. The first-order chi connectivity index (χ1) is 10.9. The van der Waals surface area contributed by atoms with Crippen molar-refractivity contribution in [3.63, 3.8) is 0 Å². The van der Waals surface area contributed by atoms with Crippen molar-refractivity contribution in [3.8, 4) is 0 Å². The van der Waals surface area contributed by atoms with Crippen molar-refractivity contribution in [2.45, 2.75) is 45.1 Å². The van der Waals surface area contributed by atoms with Gasteiger partial charge in [0.05, 0.1) is 6.04 Å². The van der Waals surface area contributed by atoms with Gasteiger partial charge in [0.2, 0.25) is 0 Å². The van der Waals surface area contributed by atoms with Gasteiger partial charge in [-0.25, -0.2) is 0 Å². The molecule has 0 aliphatic carbocycles. The number of hydrogen-bond acceptors (Lipinski definition) is 2. The second-order valence-corrected chi connectivity index (χ2v) is 7.27. The van der Waals surface area contributed by atoms with Gasteiger partial charge in [-0.15, -0.1) is 0 Å². The standard InChI is InChI=1S/C20H27NS/c1-2-3-7-17-10-13-21(14-11-17)20(19-12-15-22-16-19)18-8-5-4-6-9-18/h4-6,8-9,12,15-17,20H,2-3,7,10-11,13-14H2,1H3. The van der Waals surface area contributed by atoms with Crippen molar-refractivity contribution in [2.75, 3.05) is 13.1 Å². The summed E-state index contributed by atoms with van der Waals surface area (Å²) in [5, 5.41) is 4.53. The van der Waals surface area contributed by atoms with Gasteiger partial charge in [-0.3, -0.25) is 4.90 Å². The minimum absolute atomic E-state index is 0.444. The Balaban J connectivity index is 1.72. The van der Waals surface area contributed by atoms with E-state index in [9.17, 15) is 0 Å². The zero-order valence-corrected chi connectivity index (χ0v) is 14.4. The summed E-state index contributed by atoms with van der Waals surface area (Å²) in [6, 6.07) is 13.8. The Morgan fingerprint density at radius 3 is 2.50 bits per heavy atom. The maximum Gasteiger partial charge on any atom is 0.0610 e. The van der Waals surface area contributed by atoms with Crippen LogP contribution in [0.5, 0.6) is 0 Å². The van der Waals surface area contributed by atoms with Crippen molar-refractivity contribution in [1.82, 2.24) is 4.90 Å². The lowest BCUT2D eigenvalue weighted by Crippen LogP contribution is -2.37. The van der Waals surface area contributed by atoms with E-state index in [0.29, 0.717) is 6.04 Å². The number of hydrogen-bond donors (Lipinski definition) is 0. The fraction of sp³-hybridized carbons (Fsp3) is 0.500. The van der Waals surface area contributed by atoms with E-state index in [1.54, 1.807) is 0 Å². The lowest BCUT2D eigenvalue weighted by molar-refractivity contribution is 0.146. The maximum atomic E-state index is 2.69. The summed E-state index contributed by atoms with van der Waals surface area (Å²) in [7, 11) is 0. The van der Waals surface area contributed by atoms with Crippen LogP contribution in [-0.4, -0.2) is 18.0 Å². The second-order valence-electron chi connectivity index (χ2n) is 6.49. The van der Waals surface area contributed by atoms with E-state index in [2.05, 4.69) is 59.0 Å². The molecule has 0 amide bonds. The van der Waals surface area contributed by atoms with Crippen LogP contribution in [0.2, 0.25) is 0 Å². The summed E-state index contributed by atoms with van der Waals surface area (Å²) in [5.74, 6) is 0.954. The first-order valence-electron chi connectivity index (χ1n) is 8.69. The SMILES string of the molecule is CCCCC1CCN(C(c2ccccc2)c2ccsc2)CC1. The molecule has 2 heteroatoms. The molecule has 2 heterocycles. The molecule has 1 saturated heterocycles. The number of piperidine rings is 1. The minimum atomic E-state index is 0.444. The van der Waals surface area contributed by atoms with Crippen molar-refractivity contribution < 1.29 is 0 Å². The van der Waals surface area contributed by atoms with Crippen molar-refractivity contribution in [2.24, 2.45) is 5.92 Å². The number of benzene rings is 1. The quantitative estimate of drug-likeness (QED) is 0.657. The molecule has 2 aromatic rings. The lowest BCUT2D eigenvalue weighted by atomic mass is 9.89. The molecule has 1 aliphatic heterocycles. The number of unbranched alkanes of at least 4 members (excludes halogenated alkanes) is 1. The minimum Gasteiger partial charge on any atom is -0.292 e. The molecule has 1 aromatic heterocycles. The molecule has 0 bridgehead atoms. The molecule has 1 aliphatic rings. The predicted molar refractivity (Wildman–Crippen MR) is 96.4 cm³/mol. The first-order valence-corrected chi connectivity index (χ1v) is 9.64. The fourth-order valence-corrected chi connectivity index (χ4v) is 4.35. The Kier molecular flexibility index (Phi) is 5.69. The molecule has 1 fully saturated rings. The van der Waals surface area contributed by atoms with Gasteiger partial charge >= 0.3 is 0 Å². The zero-order chi connectivity index (χ0) is 15.2. The molecule has 3 rings (SSSR count). The molecule has 0 spiro atoms. The zero-order valence-electron chi connectivity index (χ0n) is 13.6. The van der Waals surface area contributed by atoms with Gasteiger partial charge in [0.15, 0.2) is 0 Å². The highest BCUT2D eigenvalue weighted by Gasteiger charge is 2.27. The number of thiophene rings is 1. The van der Waals surface area contributed by atoms with E-state index >= 15 is 0 Å². The molecular formula is C20H27NS. The van der Waals surface area contributed by atoms with Gasteiger partial charge in [-0.1, -0.05) is 56.5 Å². The van der Waals surface area contributed by atoms with E-state index in [0.717, 1.165) is 5.92 Å². The van der Waals surface area contributed by atoms with Crippen LogP contribution in [0.25, 0.3) is 0 Å². The Hall–Kier alpha value is -1.12. The van der Waals surface area contributed by atoms with Gasteiger partial charge in [-0.05, 0) is 59.8 Å². The predicted octanol–water partition coefficient (Wildman–Crippen LogP) is 5.74. The van der Waals surface area contributed by atoms with Crippen LogP contribution in [0.4, 0.5) is 0 Å². The van der Waals surface area contributed by atoms with Gasteiger partial charge in [0, 0.05) is 0 Å². The Bertz CT molecular complexity index is 526. The Morgan fingerprint density at radius 1 is 1.09 bits per heavy atom.